The van der Waals surface area contributed by atoms with E-state index in [0.29, 0.717) is 28.6 Å². The summed E-state index contributed by atoms with van der Waals surface area (Å²) in [7, 11) is -3.12. The molecule has 1 aliphatic heterocycles. The van der Waals surface area contributed by atoms with E-state index in [9.17, 15) is 18.0 Å². The number of aryl methyl sites for hydroxylation is 1. The van der Waals surface area contributed by atoms with Crippen LogP contribution in [0.15, 0.2) is 54.6 Å². The number of carbonyl (C=O) groups is 2. The Morgan fingerprint density at radius 2 is 1.79 bits per heavy atom. The molecule has 2 aromatic carbocycles. The molecule has 1 saturated carbocycles. The van der Waals surface area contributed by atoms with Crippen LogP contribution in [0.4, 0.5) is 0 Å². The molecule has 1 aromatic heterocycles. The third kappa shape index (κ3) is 4.68. The third-order valence-corrected chi connectivity index (χ3v) is 8.16. The molecule has 0 unspecified atom stereocenters. The Hall–Kier alpha value is -3.26. The molecule has 2 fully saturated rings. The number of rotatable bonds is 6. The van der Waals surface area contributed by atoms with E-state index in [1.807, 2.05) is 55.5 Å². The topological polar surface area (TPSA) is 93.6 Å². The van der Waals surface area contributed by atoms with Crippen LogP contribution < -0.4 is 0 Å². The Kier molecular flexibility index (Phi) is 5.85. The summed E-state index contributed by atoms with van der Waals surface area (Å²) in [6, 6.07) is 16.7. The molecule has 8 heteroatoms. The average molecular weight is 479 g/mol. The van der Waals surface area contributed by atoms with E-state index in [1.165, 1.54) is 0 Å². The van der Waals surface area contributed by atoms with Crippen molar-refractivity contribution in [2.75, 3.05) is 18.1 Å². The van der Waals surface area contributed by atoms with Crippen molar-refractivity contribution >= 4 is 32.6 Å². The second kappa shape index (κ2) is 8.83. The Morgan fingerprint density at radius 3 is 2.47 bits per heavy atom. The van der Waals surface area contributed by atoms with Crippen LogP contribution in [0.3, 0.4) is 0 Å². The van der Waals surface area contributed by atoms with Gasteiger partial charge in [0.05, 0.1) is 28.3 Å². The lowest BCUT2D eigenvalue weighted by molar-refractivity contribution is -0.137. The van der Waals surface area contributed by atoms with Gasteiger partial charge in [-0.05, 0) is 44.4 Å². The van der Waals surface area contributed by atoms with Gasteiger partial charge in [0, 0.05) is 23.0 Å². The largest absolute Gasteiger partial charge is 0.452 e. The van der Waals surface area contributed by atoms with E-state index in [0.717, 1.165) is 24.0 Å². The molecule has 2 heterocycles. The van der Waals surface area contributed by atoms with Gasteiger partial charge in [-0.2, -0.15) is 0 Å². The second-order valence-corrected chi connectivity index (χ2v) is 11.3. The maximum Gasteiger partial charge on any atom is 0.339 e. The van der Waals surface area contributed by atoms with Gasteiger partial charge in [-0.15, -0.1) is 0 Å². The number of esters is 1. The Bertz CT molecular complexity index is 1370. The number of nitrogens with zero attached hydrogens (tertiary/aromatic N) is 2. The minimum atomic E-state index is -3.12. The maximum atomic E-state index is 13.2. The number of hydrogen-bond donors (Lipinski definition) is 0. The van der Waals surface area contributed by atoms with Crippen molar-refractivity contribution in [3.8, 4) is 11.3 Å². The summed E-state index contributed by atoms with van der Waals surface area (Å²) in [5.41, 5.74) is 3.51. The summed E-state index contributed by atoms with van der Waals surface area (Å²) in [5, 5.41) is 0.665. The van der Waals surface area contributed by atoms with Crippen molar-refractivity contribution in [1.82, 2.24) is 9.88 Å². The van der Waals surface area contributed by atoms with Gasteiger partial charge in [0.15, 0.2) is 16.4 Å². The first-order valence-corrected chi connectivity index (χ1v) is 13.3. The molecule has 7 nitrogen and oxygen atoms in total. The van der Waals surface area contributed by atoms with Gasteiger partial charge in [0.2, 0.25) is 0 Å². The summed E-state index contributed by atoms with van der Waals surface area (Å²) in [5.74, 6) is -0.856. The Balaban J connectivity index is 1.39. The van der Waals surface area contributed by atoms with Gasteiger partial charge in [0.1, 0.15) is 0 Å². The summed E-state index contributed by atoms with van der Waals surface area (Å²) in [4.78, 5) is 32.5. The molecule has 1 aliphatic carbocycles. The van der Waals surface area contributed by atoms with E-state index in [4.69, 9.17) is 9.72 Å². The highest BCUT2D eigenvalue weighted by Crippen LogP contribution is 2.32. The molecular weight excluding hydrogens is 452 g/mol. The number of benzene rings is 2. The van der Waals surface area contributed by atoms with Gasteiger partial charge < -0.3 is 9.64 Å². The normalized spacial score (nSPS) is 19.1. The molecule has 5 rings (SSSR count). The lowest BCUT2D eigenvalue weighted by atomic mass is 10.0. The van der Waals surface area contributed by atoms with Crippen LogP contribution in [0.5, 0.6) is 0 Å². The van der Waals surface area contributed by atoms with Gasteiger partial charge >= 0.3 is 5.97 Å². The van der Waals surface area contributed by atoms with E-state index >= 15 is 0 Å². The Labute approximate surface area is 198 Å². The second-order valence-electron chi connectivity index (χ2n) is 9.11. The van der Waals surface area contributed by atoms with Gasteiger partial charge in [-0.1, -0.05) is 42.0 Å². The number of pyridine rings is 1. The van der Waals surface area contributed by atoms with E-state index in [2.05, 4.69) is 0 Å². The van der Waals surface area contributed by atoms with Crippen LogP contribution >= 0.6 is 0 Å². The SMILES string of the molecule is Cc1ccc2nc(-c3ccccc3)cc(C(=O)OCC(=O)N(C3CC3)[C@H]3CCS(=O)(=O)C3)c2c1. The number of fused-ring (bicyclic) bond motifs is 1. The van der Waals surface area contributed by atoms with E-state index in [1.54, 1.807) is 11.0 Å². The fraction of sp³-hybridized carbons (Fsp3) is 0.346. The molecule has 0 spiro atoms. The fourth-order valence-corrected chi connectivity index (χ4v) is 6.31. The van der Waals surface area contributed by atoms with Crippen LogP contribution in [-0.2, 0) is 19.4 Å². The zero-order chi connectivity index (χ0) is 23.9. The molecule has 0 radical (unpaired) electrons. The molecule has 2 aliphatic rings. The van der Waals surface area contributed by atoms with E-state index in [-0.39, 0.29) is 29.5 Å². The highest BCUT2D eigenvalue weighted by atomic mass is 32.2. The van der Waals surface area contributed by atoms with Crippen LogP contribution in [0.2, 0.25) is 0 Å². The van der Waals surface area contributed by atoms with Crippen LogP contribution in [0.25, 0.3) is 22.2 Å². The molecule has 0 N–H and O–H groups in total. The average Bonchev–Trinajstić information content (AvgIpc) is 3.59. The highest BCUT2D eigenvalue weighted by Gasteiger charge is 2.42. The lowest BCUT2D eigenvalue weighted by Gasteiger charge is -2.28. The quantitative estimate of drug-likeness (QED) is 0.503. The predicted octanol–water partition coefficient (Wildman–Crippen LogP) is 3.55. The molecule has 3 aromatic rings. The van der Waals surface area contributed by atoms with Gasteiger partial charge in [0.25, 0.3) is 5.91 Å². The number of aromatic nitrogens is 1. The summed E-state index contributed by atoms with van der Waals surface area (Å²) < 4.78 is 29.4. The number of hydrogen-bond acceptors (Lipinski definition) is 6. The number of sulfone groups is 1. The summed E-state index contributed by atoms with van der Waals surface area (Å²) >= 11 is 0. The summed E-state index contributed by atoms with van der Waals surface area (Å²) in [6.07, 6.45) is 2.14. The third-order valence-electron chi connectivity index (χ3n) is 6.41. The van der Waals surface area contributed by atoms with Crippen molar-refractivity contribution in [3.05, 3.63) is 65.7 Å². The zero-order valence-corrected chi connectivity index (χ0v) is 19.8. The molecular formula is C26H26N2O5S. The first-order chi connectivity index (χ1) is 16.3. The smallest absolute Gasteiger partial charge is 0.339 e. The number of carbonyl (C=O) groups excluding carboxylic acids is 2. The van der Waals surface area contributed by atoms with E-state index < -0.39 is 22.4 Å². The Morgan fingerprint density at radius 1 is 1.03 bits per heavy atom. The molecule has 176 valence electrons. The van der Waals surface area contributed by atoms with Crippen molar-refractivity contribution in [1.29, 1.82) is 0 Å². The van der Waals surface area contributed by atoms with Crippen LogP contribution in [0, 0.1) is 6.92 Å². The van der Waals surface area contributed by atoms with Crippen LogP contribution in [-0.4, -0.2) is 60.4 Å². The zero-order valence-electron chi connectivity index (χ0n) is 18.9. The maximum absolute atomic E-state index is 13.2. The lowest BCUT2D eigenvalue weighted by Crippen LogP contribution is -2.44. The fourth-order valence-electron chi connectivity index (χ4n) is 4.60. The van der Waals surface area contributed by atoms with Crippen molar-refractivity contribution < 1.29 is 22.7 Å². The molecule has 1 amide bonds. The van der Waals surface area contributed by atoms with Crippen molar-refractivity contribution in [2.45, 2.75) is 38.3 Å². The molecule has 34 heavy (non-hydrogen) atoms. The number of ether oxygens (including phenoxy) is 1. The molecule has 1 atom stereocenters. The number of amides is 1. The van der Waals surface area contributed by atoms with Crippen molar-refractivity contribution in [3.63, 3.8) is 0 Å². The minimum Gasteiger partial charge on any atom is -0.452 e. The van der Waals surface area contributed by atoms with Gasteiger partial charge in [-0.25, -0.2) is 18.2 Å². The minimum absolute atomic E-state index is 0.0160. The summed E-state index contributed by atoms with van der Waals surface area (Å²) in [6.45, 7) is 1.52. The molecule has 1 saturated heterocycles. The first-order valence-electron chi connectivity index (χ1n) is 11.5. The van der Waals surface area contributed by atoms with Crippen molar-refractivity contribution in [2.24, 2.45) is 0 Å². The first kappa shape index (κ1) is 22.5. The van der Waals surface area contributed by atoms with Gasteiger partial charge in [-0.3, -0.25) is 4.79 Å². The highest BCUT2D eigenvalue weighted by molar-refractivity contribution is 7.91. The molecule has 0 bridgehead atoms. The van der Waals surface area contributed by atoms with Crippen LogP contribution in [0.1, 0.15) is 35.2 Å². The monoisotopic (exact) mass is 478 g/mol. The standard InChI is InChI=1S/C26H26N2O5S/c1-17-7-10-23-21(13-17)22(14-24(27-23)18-5-3-2-4-6-18)26(30)33-15-25(29)28(19-8-9-19)20-11-12-34(31,32)16-20/h2-7,10,13-14,19-20H,8-9,11-12,15-16H2,1H3/t20-/m0/s1. The predicted molar refractivity (Wildman–Crippen MR) is 129 cm³/mol.